The molecule has 1 rings (SSSR count). The van der Waals surface area contributed by atoms with Crippen LogP contribution in [0.2, 0.25) is 0 Å². The van der Waals surface area contributed by atoms with E-state index in [0.717, 1.165) is 0 Å². The van der Waals surface area contributed by atoms with Gasteiger partial charge in [-0.15, -0.1) is 9.75 Å². The Kier molecular flexibility index (Phi) is 3.47. The quantitative estimate of drug-likeness (QED) is 0.308. The summed E-state index contributed by atoms with van der Waals surface area (Å²) in [4.78, 5) is 2.62. The summed E-state index contributed by atoms with van der Waals surface area (Å²) in [6.07, 6.45) is 0. The number of aryl methyl sites for hydroxylation is 2. The second-order valence-corrected chi connectivity index (χ2v) is 3.02. The van der Waals surface area contributed by atoms with Crippen LogP contribution in [0.3, 0.4) is 0 Å². The molecule has 0 atom stereocenters. The minimum atomic E-state index is 0. The van der Waals surface area contributed by atoms with Crippen molar-refractivity contribution in [2.75, 3.05) is 0 Å². The van der Waals surface area contributed by atoms with E-state index in [-0.39, 0.29) is 18.9 Å². The van der Waals surface area contributed by atoms with Gasteiger partial charge in [0.15, 0.2) is 0 Å². The summed E-state index contributed by atoms with van der Waals surface area (Å²) in [7, 11) is 0. The van der Waals surface area contributed by atoms with Gasteiger partial charge in [0.2, 0.25) is 0 Å². The molecule has 0 N–H and O–H groups in total. The van der Waals surface area contributed by atoms with Crippen LogP contribution in [0.5, 0.6) is 0 Å². The molecule has 0 aromatic carbocycles. The maximum atomic E-state index is 3.09. The minimum absolute atomic E-state index is 0. The first-order valence-electron chi connectivity index (χ1n) is 2.24. The van der Waals surface area contributed by atoms with Crippen molar-refractivity contribution in [3.8, 4) is 0 Å². The fraction of sp³-hybridized carbons (Fsp3) is 0.333. The molecule has 0 bridgehead atoms. The third-order valence-electron chi connectivity index (χ3n) is 0.793. The summed E-state index contributed by atoms with van der Waals surface area (Å²) in [5.41, 5.74) is 0. The summed E-state index contributed by atoms with van der Waals surface area (Å²) in [6.45, 7) is 4.16. The summed E-state index contributed by atoms with van der Waals surface area (Å²) in [6, 6.07) is 5.10. The van der Waals surface area contributed by atoms with Crippen molar-refractivity contribution >= 4 is 11.3 Å². The van der Waals surface area contributed by atoms with Crippen LogP contribution in [0.1, 0.15) is 9.75 Å². The Morgan fingerprint density at radius 1 is 1.50 bits per heavy atom. The molecule has 0 saturated carbocycles. The number of hydrogen-bond donors (Lipinski definition) is 0. The molecule has 38 valence electrons. The molecule has 0 nitrogen and oxygen atoms in total. The van der Waals surface area contributed by atoms with E-state index in [4.69, 9.17) is 0 Å². The van der Waals surface area contributed by atoms with E-state index in [1.54, 1.807) is 11.3 Å². The largest absolute Gasteiger partial charge is 1.00 e. The van der Waals surface area contributed by atoms with Gasteiger partial charge in [0.05, 0.1) is 0 Å². The predicted molar refractivity (Wildman–Crippen MR) is 32.6 cm³/mol. The van der Waals surface area contributed by atoms with E-state index in [1.165, 1.54) is 9.75 Å². The van der Waals surface area contributed by atoms with Gasteiger partial charge in [-0.3, -0.25) is 11.3 Å². The molecular formula is C6H7LiS. The van der Waals surface area contributed by atoms with Crippen molar-refractivity contribution in [2.45, 2.75) is 13.8 Å². The maximum Gasteiger partial charge on any atom is 1.00 e. The van der Waals surface area contributed by atoms with Crippen LogP contribution in [0.4, 0.5) is 0 Å². The minimum Gasteiger partial charge on any atom is -0.267 e. The van der Waals surface area contributed by atoms with Crippen LogP contribution in [-0.4, -0.2) is 0 Å². The van der Waals surface area contributed by atoms with Gasteiger partial charge in [-0.05, 0) is 6.92 Å². The first-order chi connectivity index (χ1) is 3.29. The van der Waals surface area contributed by atoms with Crippen LogP contribution in [-0.2, 0) is 0 Å². The van der Waals surface area contributed by atoms with E-state index in [1.807, 2.05) is 6.07 Å². The van der Waals surface area contributed by atoms with E-state index in [0.29, 0.717) is 0 Å². The molecule has 0 unspecified atom stereocenters. The summed E-state index contributed by atoms with van der Waals surface area (Å²) >= 11 is 1.79. The number of thiophene rings is 1. The van der Waals surface area contributed by atoms with Crippen molar-refractivity contribution in [3.05, 3.63) is 21.9 Å². The molecule has 2 heteroatoms. The Morgan fingerprint density at radius 3 is 2.25 bits per heavy atom. The smallest absolute Gasteiger partial charge is 0.267 e. The Bertz CT molecular complexity index is 141. The zero-order valence-corrected chi connectivity index (χ0v) is 6.30. The maximum absolute atomic E-state index is 3.09. The van der Waals surface area contributed by atoms with E-state index < -0.39 is 0 Å². The topological polar surface area (TPSA) is 0 Å². The van der Waals surface area contributed by atoms with Crippen molar-refractivity contribution in [2.24, 2.45) is 0 Å². The standard InChI is InChI=1S/C6H7S.Li/c1-5-3-4-6(2)7-5;/h3H,1-2H3;/q-1;+1. The molecule has 0 aliphatic rings. The Morgan fingerprint density at radius 2 is 2.12 bits per heavy atom. The van der Waals surface area contributed by atoms with Crippen LogP contribution in [0.25, 0.3) is 0 Å². The molecule has 0 radical (unpaired) electrons. The average molecular weight is 118 g/mol. The normalized spacial score (nSPS) is 8.25. The SMILES string of the molecule is Cc1[c-]cc(C)s1.[Li+]. The molecule has 0 aliphatic carbocycles. The molecule has 1 aromatic heterocycles. The average Bonchev–Trinajstić information content (AvgIpc) is 1.87. The van der Waals surface area contributed by atoms with E-state index >= 15 is 0 Å². The van der Waals surface area contributed by atoms with Crippen LogP contribution < -0.4 is 18.9 Å². The first-order valence-corrected chi connectivity index (χ1v) is 3.05. The van der Waals surface area contributed by atoms with Gasteiger partial charge in [0.1, 0.15) is 0 Å². The molecule has 1 heterocycles. The van der Waals surface area contributed by atoms with Gasteiger partial charge in [-0.2, -0.15) is 0 Å². The number of hydrogen-bond acceptors (Lipinski definition) is 1. The van der Waals surface area contributed by atoms with Crippen molar-refractivity contribution in [1.29, 1.82) is 0 Å². The van der Waals surface area contributed by atoms with Gasteiger partial charge in [-0.1, -0.05) is 6.92 Å². The second kappa shape index (κ2) is 3.35. The summed E-state index contributed by atoms with van der Waals surface area (Å²) in [5.74, 6) is 0. The summed E-state index contributed by atoms with van der Waals surface area (Å²) < 4.78 is 0. The van der Waals surface area contributed by atoms with E-state index in [9.17, 15) is 0 Å². The van der Waals surface area contributed by atoms with Gasteiger partial charge in [0.25, 0.3) is 0 Å². The zero-order chi connectivity index (χ0) is 5.28. The summed E-state index contributed by atoms with van der Waals surface area (Å²) in [5, 5.41) is 0. The molecule has 1 aromatic rings. The fourth-order valence-corrected chi connectivity index (χ4v) is 1.22. The van der Waals surface area contributed by atoms with Gasteiger partial charge in [0, 0.05) is 0 Å². The first kappa shape index (κ1) is 8.30. The molecule has 0 amide bonds. The zero-order valence-electron chi connectivity index (χ0n) is 5.49. The Balaban J connectivity index is 0.000000490. The Labute approximate surface area is 66.1 Å². The third kappa shape index (κ3) is 2.04. The number of rotatable bonds is 0. The Hall–Kier alpha value is 0.297. The van der Waals surface area contributed by atoms with Gasteiger partial charge >= 0.3 is 18.9 Å². The predicted octanol–water partition coefficient (Wildman–Crippen LogP) is -0.831. The molecule has 0 spiro atoms. The van der Waals surface area contributed by atoms with Crippen molar-refractivity contribution in [3.63, 3.8) is 0 Å². The van der Waals surface area contributed by atoms with Crippen molar-refractivity contribution in [1.82, 2.24) is 0 Å². The van der Waals surface area contributed by atoms with Crippen molar-refractivity contribution < 1.29 is 18.9 Å². The monoisotopic (exact) mass is 118 g/mol. The van der Waals surface area contributed by atoms with E-state index in [2.05, 4.69) is 19.9 Å². The van der Waals surface area contributed by atoms with Gasteiger partial charge in [-0.25, -0.2) is 12.1 Å². The fourth-order valence-electron chi connectivity index (χ4n) is 0.504. The third-order valence-corrected chi connectivity index (χ3v) is 1.66. The van der Waals surface area contributed by atoms with Crippen LogP contribution >= 0.6 is 11.3 Å². The molecule has 8 heavy (non-hydrogen) atoms. The van der Waals surface area contributed by atoms with Gasteiger partial charge < -0.3 is 0 Å². The molecule has 0 aliphatic heterocycles. The molecule has 0 fully saturated rings. The van der Waals surface area contributed by atoms with Crippen LogP contribution in [0, 0.1) is 19.9 Å². The van der Waals surface area contributed by atoms with Crippen LogP contribution in [0.15, 0.2) is 6.07 Å². The molecule has 0 saturated heterocycles. The second-order valence-electron chi connectivity index (χ2n) is 1.56. The molecular weight excluding hydrogens is 111 g/mol.